The SMILES string of the molecule is CC(CNC1=NCC2CN(C(=O)OC(C)(C)C)CCN12)c1nc(-c2ccccc2)no1. The molecule has 1 saturated heterocycles. The average Bonchev–Trinajstić information content (AvgIpc) is 3.38. The number of guanidine groups is 1. The molecule has 1 aromatic heterocycles. The standard InChI is InChI=1S/C22H30N6O3/c1-15(19-25-18(26-31-19)16-8-6-5-7-9-16)12-23-20-24-13-17-14-27(10-11-28(17)20)21(29)30-22(2,3)4/h5-9,15,17H,10-14H2,1-4H3,(H,23,24). The highest BCUT2D eigenvalue weighted by atomic mass is 16.6. The number of hydrogen-bond acceptors (Lipinski definition) is 8. The molecule has 2 aliphatic heterocycles. The molecule has 0 spiro atoms. The van der Waals surface area contributed by atoms with Crippen LogP contribution in [0.3, 0.4) is 0 Å². The molecule has 1 fully saturated rings. The number of fused-ring (bicyclic) bond motifs is 1. The van der Waals surface area contributed by atoms with E-state index in [2.05, 4.69) is 25.3 Å². The van der Waals surface area contributed by atoms with Gasteiger partial charge < -0.3 is 24.4 Å². The minimum atomic E-state index is -0.488. The number of ether oxygens (including phenoxy) is 1. The normalized spacial score (nSPS) is 19.6. The van der Waals surface area contributed by atoms with Crippen LogP contribution in [0, 0.1) is 0 Å². The van der Waals surface area contributed by atoms with E-state index in [9.17, 15) is 4.79 Å². The largest absolute Gasteiger partial charge is 0.444 e. The van der Waals surface area contributed by atoms with Crippen molar-refractivity contribution in [2.45, 2.75) is 45.3 Å². The molecule has 2 unspecified atom stereocenters. The third-order valence-corrected chi connectivity index (χ3v) is 5.32. The van der Waals surface area contributed by atoms with Crippen LogP contribution < -0.4 is 5.32 Å². The molecule has 31 heavy (non-hydrogen) atoms. The van der Waals surface area contributed by atoms with Crippen LogP contribution in [0.25, 0.3) is 11.4 Å². The zero-order chi connectivity index (χ0) is 22.0. The van der Waals surface area contributed by atoms with Gasteiger partial charge in [-0.2, -0.15) is 4.98 Å². The number of rotatable bonds is 4. The van der Waals surface area contributed by atoms with E-state index in [0.717, 1.165) is 18.1 Å². The number of nitrogens with zero attached hydrogens (tertiary/aromatic N) is 5. The van der Waals surface area contributed by atoms with Crippen molar-refractivity contribution < 1.29 is 14.1 Å². The molecular weight excluding hydrogens is 396 g/mol. The third kappa shape index (κ3) is 4.98. The summed E-state index contributed by atoms with van der Waals surface area (Å²) in [5.74, 6) is 2.09. The quantitative estimate of drug-likeness (QED) is 0.803. The fraction of sp³-hybridized carbons (Fsp3) is 0.545. The average molecular weight is 427 g/mol. The molecule has 2 aromatic rings. The first-order chi connectivity index (χ1) is 14.8. The molecule has 0 bridgehead atoms. The molecule has 166 valence electrons. The highest BCUT2D eigenvalue weighted by Crippen LogP contribution is 2.21. The summed E-state index contributed by atoms with van der Waals surface area (Å²) < 4.78 is 11.0. The lowest BCUT2D eigenvalue weighted by atomic mass is 10.1. The summed E-state index contributed by atoms with van der Waals surface area (Å²) in [7, 11) is 0. The summed E-state index contributed by atoms with van der Waals surface area (Å²) >= 11 is 0. The highest BCUT2D eigenvalue weighted by Gasteiger charge is 2.36. The summed E-state index contributed by atoms with van der Waals surface area (Å²) in [6.45, 7) is 10.9. The first-order valence-electron chi connectivity index (χ1n) is 10.7. The van der Waals surface area contributed by atoms with E-state index < -0.39 is 5.60 Å². The van der Waals surface area contributed by atoms with Crippen molar-refractivity contribution in [1.82, 2.24) is 25.3 Å². The van der Waals surface area contributed by atoms with Gasteiger partial charge in [0.25, 0.3) is 0 Å². The molecule has 0 aliphatic carbocycles. The Labute approximate surface area is 182 Å². The predicted molar refractivity (Wildman–Crippen MR) is 117 cm³/mol. The Morgan fingerprint density at radius 2 is 2.06 bits per heavy atom. The Balaban J connectivity index is 1.29. The van der Waals surface area contributed by atoms with E-state index in [-0.39, 0.29) is 18.1 Å². The molecule has 9 heteroatoms. The first kappa shape index (κ1) is 21.1. The first-order valence-corrected chi connectivity index (χ1v) is 10.7. The van der Waals surface area contributed by atoms with E-state index in [0.29, 0.717) is 37.9 Å². The van der Waals surface area contributed by atoms with E-state index in [4.69, 9.17) is 9.26 Å². The van der Waals surface area contributed by atoms with Crippen LogP contribution in [-0.4, -0.2) is 76.4 Å². The van der Waals surface area contributed by atoms with Gasteiger partial charge in [-0.3, -0.25) is 4.99 Å². The van der Waals surface area contributed by atoms with Gasteiger partial charge in [0.1, 0.15) is 5.60 Å². The second-order valence-corrected chi connectivity index (χ2v) is 9.04. The highest BCUT2D eigenvalue weighted by molar-refractivity contribution is 5.82. The van der Waals surface area contributed by atoms with Crippen molar-refractivity contribution in [3.63, 3.8) is 0 Å². The molecule has 2 atom stereocenters. The van der Waals surface area contributed by atoms with Crippen LogP contribution in [-0.2, 0) is 4.74 Å². The molecule has 0 saturated carbocycles. The van der Waals surface area contributed by atoms with Crippen molar-refractivity contribution in [2.24, 2.45) is 4.99 Å². The number of hydrogen-bond donors (Lipinski definition) is 1. The zero-order valence-corrected chi connectivity index (χ0v) is 18.5. The number of carbonyl (C=O) groups is 1. The minimum Gasteiger partial charge on any atom is -0.444 e. The van der Waals surface area contributed by atoms with Gasteiger partial charge in [-0.1, -0.05) is 42.4 Å². The van der Waals surface area contributed by atoms with Gasteiger partial charge in [0, 0.05) is 31.7 Å². The number of aliphatic imine (C=N–C) groups is 1. The van der Waals surface area contributed by atoms with Gasteiger partial charge in [0.05, 0.1) is 18.5 Å². The maximum atomic E-state index is 12.4. The second kappa shape index (κ2) is 8.56. The number of aromatic nitrogens is 2. The monoisotopic (exact) mass is 426 g/mol. The third-order valence-electron chi connectivity index (χ3n) is 5.32. The number of piperazine rings is 1. The number of benzene rings is 1. The minimum absolute atomic E-state index is 0.0368. The van der Waals surface area contributed by atoms with Gasteiger partial charge in [-0.25, -0.2) is 4.79 Å². The lowest BCUT2D eigenvalue weighted by molar-refractivity contribution is 0.0137. The lowest BCUT2D eigenvalue weighted by Crippen LogP contribution is -2.57. The summed E-state index contributed by atoms with van der Waals surface area (Å²) in [4.78, 5) is 25.6. The predicted octanol–water partition coefficient (Wildman–Crippen LogP) is 2.72. The van der Waals surface area contributed by atoms with Gasteiger partial charge in [0.15, 0.2) is 5.96 Å². The van der Waals surface area contributed by atoms with Crippen LogP contribution in [0.2, 0.25) is 0 Å². The summed E-state index contributed by atoms with van der Waals surface area (Å²) in [6, 6.07) is 9.96. The molecule has 1 N–H and O–H groups in total. The van der Waals surface area contributed by atoms with Crippen molar-refractivity contribution >= 4 is 12.1 Å². The fourth-order valence-corrected chi connectivity index (χ4v) is 3.69. The Hall–Kier alpha value is -3.10. The van der Waals surface area contributed by atoms with Crippen molar-refractivity contribution in [2.75, 3.05) is 32.7 Å². The molecule has 3 heterocycles. The number of nitrogens with one attached hydrogen (secondary N) is 1. The molecule has 9 nitrogen and oxygen atoms in total. The van der Waals surface area contributed by atoms with Gasteiger partial charge >= 0.3 is 6.09 Å². The van der Waals surface area contributed by atoms with Gasteiger partial charge in [0.2, 0.25) is 11.7 Å². The zero-order valence-electron chi connectivity index (χ0n) is 18.5. The molecule has 1 aromatic carbocycles. The summed E-state index contributed by atoms with van der Waals surface area (Å²) in [6.07, 6.45) is -0.257. The van der Waals surface area contributed by atoms with E-state index in [1.54, 1.807) is 4.90 Å². The summed E-state index contributed by atoms with van der Waals surface area (Å²) in [5.41, 5.74) is 0.446. The Kier molecular flexibility index (Phi) is 5.84. The second-order valence-electron chi connectivity index (χ2n) is 9.04. The van der Waals surface area contributed by atoms with Crippen LogP contribution in [0.5, 0.6) is 0 Å². The Bertz CT molecular complexity index is 936. The fourth-order valence-electron chi connectivity index (χ4n) is 3.69. The Morgan fingerprint density at radius 3 is 2.81 bits per heavy atom. The van der Waals surface area contributed by atoms with Gasteiger partial charge in [-0.15, -0.1) is 0 Å². The molecule has 2 aliphatic rings. The Morgan fingerprint density at radius 1 is 1.29 bits per heavy atom. The molecule has 1 amide bonds. The van der Waals surface area contributed by atoms with Crippen molar-refractivity contribution in [3.8, 4) is 11.4 Å². The smallest absolute Gasteiger partial charge is 0.410 e. The molecular formula is C22H30N6O3. The summed E-state index contributed by atoms with van der Waals surface area (Å²) in [5, 5.41) is 7.52. The van der Waals surface area contributed by atoms with Crippen molar-refractivity contribution in [1.29, 1.82) is 0 Å². The van der Waals surface area contributed by atoms with Crippen LogP contribution >= 0.6 is 0 Å². The van der Waals surface area contributed by atoms with Gasteiger partial charge in [-0.05, 0) is 20.8 Å². The van der Waals surface area contributed by atoms with Crippen LogP contribution in [0.15, 0.2) is 39.8 Å². The molecule has 0 radical (unpaired) electrons. The topological polar surface area (TPSA) is 96.1 Å². The van der Waals surface area contributed by atoms with Crippen molar-refractivity contribution in [3.05, 3.63) is 36.2 Å². The maximum absolute atomic E-state index is 12.4. The lowest BCUT2D eigenvalue weighted by Gasteiger charge is -2.39. The van der Waals surface area contributed by atoms with E-state index in [1.807, 2.05) is 58.0 Å². The maximum Gasteiger partial charge on any atom is 0.410 e. The number of carbonyl (C=O) groups excluding carboxylic acids is 1. The van der Waals surface area contributed by atoms with Crippen LogP contribution in [0.1, 0.15) is 39.5 Å². The molecule has 4 rings (SSSR count). The van der Waals surface area contributed by atoms with Crippen LogP contribution in [0.4, 0.5) is 4.79 Å². The number of amides is 1. The van der Waals surface area contributed by atoms with E-state index >= 15 is 0 Å². The van der Waals surface area contributed by atoms with E-state index in [1.165, 1.54) is 0 Å².